The maximum Gasteiger partial charge on any atom is 0.225 e. The molecule has 26 heavy (non-hydrogen) atoms. The number of benzene rings is 1. The van der Waals surface area contributed by atoms with Crippen molar-refractivity contribution in [2.45, 2.75) is 33.6 Å². The molecule has 0 saturated carbocycles. The standard InChI is InChI=1S/C20H24ClN3OS/c1-5-24(10-11-25)18-17-16(13(4)26-19(17)23-20(21)22-18)15-8-6-14(7-9-15)12(2)3/h6-9,12,25H,5,10-11H2,1-4H3. The van der Waals surface area contributed by atoms with Crippen molar-refractivity contribution in [3.8, 4) is 11.1 Å². The molecule has 0 aliphatic heterocycles. The van der Waals surface area contributed by atoms with Crippen LogP contribution in [0.3, 0.4) is 0 Å². The molecule has 6 heteroatoms. The molecule has 1 N–H and O–H groups in total. The highest BCUT2D eigenvalue weighted by Gasteiger charge is 2.21. The molecule has 0 unspecified atom stereocenters. The van der Waals surface area contributed by atoms with Crippen LogP contribution in [0.4, 0.5) is 5.82 Å². The van der Waals surface area contributed by atoms with Crippen molar-refractivity contribution in [1.29, 1.82) is 0 Å². The Bertz CT molecular complexity index is 906. The number of aliphatic hydroxyl groups is 1. The van der Waals surface area contributed by atoms with Gasteiger partial charge in [-0.1, -0.05) is 38.1 Å². The van der Waals surface area contributed by atoms with E-state index in [0.29, 0.717) is 12.5 Å². The minimum absolute atomic E-state index is 0.0679. The van der Waals surface area contributed by atoms with Crippen LogP contribution in [0.15, 0.2) is 24.3 Å². The lowest BCUT2D eigenvalue weighted by Crippen LogP contribution is -2.27. The predicted octanol–water partition coefficient (Wildman–Crippen LogP) is 5.26. The molecule has 3 rings (SSSR count). The van der Waals surface area contributed by atoms with Crippen LogP contribution < -0.4 is 4.90 Å². The number of aryl methyl sites for hydroxylation is 1. The van der Waals surface area contributed by atoms with Crippen molar-refractivity contribution < 1.29 is 5.11 Å². The molecule has 0 atom stereocenters. The van der Waals surface area contributed by atoms with Crippen LogP contribution in [0.1, 0.15) is 37.1 Å². The van der Waals surface area contributed by atoms with Crippen LogP contribution in [0.5, 0.6) is 0 Å². The molecule has 3 aromatic rings. The molecule has 0 fully saturated rings. The van der Waals surface area contributed by atoms with Crippen molar-refractivity contribution in [2.24, 2.45) is 0 Å². The topological polar surface area (TPSA) is 49.2 Å². The highest BCUT2D eigenvalue weighted by atomic mass is 35.5. The third-order valence-electron chi connectivity index (χ3n) is 4.60. The Balaban J connectivity index is 2.23. The van der Waals surface area contributed by atoms with Gasteiger partial charge in [-0.15, -0.1) is 11.3 Å². The molecular weight excluding hydrogens is 366 g/mol. The van der Waals surface area contributed by atoms with E-state index in [1.807, 2.05) is 11.8 Å². The number of halogens is 1. The predicted molar refractivity (Wildman–Crippen MR) is 112 cm³/mol. The Kier molecular flexibility index (Phi) is 5.80. The number of aromatic nitrogens is 2. The summed E-state index contributed by atoms with van der Waals surface area (Å²) in [4.78, 5) is 13.1. The summed E-state index contributed by atoms with van der Waals surface area (Å²) >= 11 is 7.82. The van der Waals surface area contributed by atoms with Crippen LogP contribution in [-0.4, -0.2) is 34.8 Å². The van der Waals surface area contributed by atoms with Gasteiger partial charge in [0.2, 0.25) is 5.28 Å². The van der Waals surface area contributed by atoms with Gasteiger partial charge in [-0.05, 0) is 42.5 Å². The molecule has 0 aliphatic rings. The SMILES string of the molecule is CCN(CCO)c1nc(Cl)nc2sc(C)c(-c3ccc(C(C)C)cc3)c12. The molecule has 1 aromatic carbocycles. The lowest BCUT2D eigenvalue weighted by Gasteiger charge is -2.22. The van der Waals surface area contributed by atoms with E-state index >= 15 is 0 Å². The first kappa shape index (κ1) is 19.1. The number of rotatable bonds is 6. The van der Waals surface area contributed by atoms with E-state index in [2.05, 4.69) is 55.0 Å². The Labute approximate surface area is 163 Å². The maximum absolute atomic E-state index is 9.43. The summed E-state index contributed by atoms with van der Waals surface area (Å²) in [6.45, 7) is 9.87. The Morgan fingerprint density at radius 2 is 1.88 bits per heavy atom. The molecule has 0 saturated heterocycles. The van der Waals surface area contributed by atoms with Gasteiger partial charge in [0, 0.05) is 23.5 Å². The minimum Gasteiger partial charge on any atom is -0.395 e. The smallest absolute Gasteiger partial charge is 0.225 e. The fourth-order valence-electron chi connectivity index (χ4n) is 3.21. The van der Waals surface area contributed by atoms with E-state index in [-0.39, 0.29) is 11.9 Å². The number of fused-ring (bicyclic) bond motifs is 1. The van der Waals surface area contributed by atoms with Crippen molar-refractivity contribution >= 4 is 39.0 Å². The van der Waals surface area contributed by atoms with E-state index in [9.17, 15) is 5.11 Å². The van der Waals surface area contributed by atoms with Crippen molar-refractivity contribution in [3.63, 3.8) is 0 Å². The average molecular weight is 390 g/mol. The zero-order valence-electron chi connectivity index (χ0n) is 15.6. The molecule has 4 nitrogen and oxygen atoms in total. The fraction of sp³-hybridized carbons (Fsp3) is 0.400. The van der Waals surface area contributed by atoms with Gasteiger partial charge in [0.25, 0.3) is 0 Å². The van der Waals surface area contributed by atoms with Gasteiger partial charge in [0.05, 0.1) is 12.0 Å². The highest BCUT2D eigenvalue weighted by molar-refractivity contribution is 7.19. The highest BCUT2D eigenvalue weighted by Crippen LogP contribution is 2.42. The molecule has 0 spiro atoms. The van der Waals surface area contributed by atoms with Crippen LogP contribution in [0.2, 0.25) is 5.28 Å². The van der Waals surface area contributed by atoms with Gasteiger partial charge >= 0.3 is 0 Å². The van der Waals surface area contributed by atoms with E-state index in [0.717, 1.165) is 33.7 Å². The summed E-state index contributed by atoms with van der Waals surface area (Å²) in [5.41, 5.74) is 3.63. The molecular formula is C20H24ClN3OS. The molecule has 0 aliphatic carbocycles. The third kappa shape index (κ3) is 3.56. The summed E-state index contributed by atoms with van der Waals surface area (Å²) < 4.78 is 0. The summed E-state index contributed by atoms with van der Waals surface area (Å²) in [6.07, 6.45) is 0. The van der Waals surface area contributed by atoms with Crippen LogP contribution in [0, 0.1) is 6.92 Å². The number of anilines is 1. The summed E-state index contributed by atoms with van der Waals surface area (Å²) in [7, 11) is 0. The van der Waals surface area contributed by atoms with Crippen LogP contribution in [-0.2, 0) is 0 Å². The number of hydrogen-bond donors (Lipinski definition) is 1. The lowest BCUT2D eigenvalue weighted by molar-refractivity contribution is 0.302. The van der Waals surface area contributed by atoms with Crippen molar-refractivity contribution in [1.82, 2.24) is 9.97 Å². The maximum atomic E-state index is 9.43. The number of nitrogens with zero attached hydrogens (tertiary/aromatic N) is 3. The Hall–Kier alpha value is -1.69. The Morgan fingerprint density at radius 1 is 1.19 bits per heavy atom. The van der Waals surface area contributed by atoms with E-state index in [1.54, 1.807) is 11.3 Å². The van der Waals surface area contributed by atoms with Crippen molar-refractivity contribution in [3.05, 3.63) is 40.0 Å². The minimum atomic E-state index is 0.0679. The molecule has 2 heterocycles. The average Bonchev–Trinajstić information content (AvgIpc) is 2.94. The first-order valence-corrected chi connectivity index (χ1v) is 10.1. The van der Waals surface area contributed by atoms with Crippen molar-refractivity contribution in [2.75, 3.05) is 24.6 Å². The van der Waals surface area contributed by atoms with Gasteiger partial charge < -0.3 is 10.0 Å². The molecule has 138 valence electrons. The number of thiophene rings is 1. The summed E-state index contributed by atoms with van der Waals surface area (Å²) in [5, 5.41) is 10.7. The van der Waals surface area contributed by atoms with Gasteiger partial charge in [-0.3, -0.25) is 0 Å². The summed E-state index contributed by atoms with van der Waals surface area (Å²) in [5.74, 6) is 1.30. The molecule has 2 aromatic heterocycles. The molecule has 0 radical (unpaired) electrons. The second-order valence-electron chi connectivity index (χ2n) is 6.61. The lowest BCUT2D eigenvalue weighted by atomic mass is 9.97. The third-order valence-corrected chi connectivity index (χ3v) is 5.77. The van der Waals surface area contributed by atoms with Crippen LogP contribution >= 0.6 is 22.9 Å². The number of likely N-dealkylation sites (N-methyl/N-ethyl adjacent to an activating group) is 1. The van der Waals surface area contributed by atoms with Gasteiger partial charge in [0.15, 0.2) is 0 Å². The Morgan fingerprint density at radius 3 is 2.46 bits per heavy atom. The molecule has 0 amide bonds. The second kappa shape index (κ2) is 7.91. The van der Waals surface area contributed by atoms with Crippen LogP contribution in [0.25, 0.3) is 21.3 Å². The number of hydrogen-bond acceptors (Lipinski definition) is 5. The zero-order valence-corrected chi connectivity index (χ0v) is 17.2. The zero-order chi connectivity index (χ0) is 18.8. The van der Waals surface area contributed by atoms with Gasteiger partial charge in [0.1, 0.15) is 10.6 Å². The second-order valence-corrected chi connectivity index (χ2v) is 8.15. The largest absolute Gasteiger partial charge is 0.395 e. The molecule has 0 bridgehead atoms. The van der Waals surface area contributed by atoms with E-state index < -0.39 is 0 Å². The normalized spacial score (nSPS) is 11.5. The first-order chi connectivity index (χ1) is 12.5. The number of aliphatic hydroxyl groups excluding tert-OH is 1. The van der Waals surface area contributed by atoms with Gasteiger partial charge in [-0.25, -0.2) is 4.98 Å². The quantitative estimate of drug-likeness (QED) is 0.584. The monoisotopic (exact) mass is 389 g/mol. The van der Waals surface area contributed by atoms with E-state index in [1.165, 1.54) is 10.4 Å². The van der Waals surface area contributed by atoms with Gasteiger partial charge in [-0.2, -0.15) is 4.98 Å². The fourth-order valence-corrected chi connectivity index (χ4v) is 4.47. The van der Waals surface area contributed by atoms with E-state index in [4.69, 9.17) is 11.6 Å². The summed E-state index contributed by atoms with van der Waals surface area (Å²) in [6, 6.07) is 8.71. The first-order valence-electron chi connectivity index (χ1n) is 8.89.